The number of anilines is 1. The van der Waals surface area contributed by atoms with Crippen molar-refractivity contribution in [1.82, 2.24) is 19.9 Å². The van der Waals surface area contributed by atoms with E-state index in [-0.39, 0.29) is 17.9 Å². The van der Waals surface area contributed by atoms with Crippen LogP contribution in [-0.4, -0.2) is 64.1 Å². The lowest BCUT2D eigenvalue weighted by Gasteiger charge is -2.30. The van der Waals surface area contributed by atoms with Gasteiger partial charge in [-0.25, -0.2) is 9.97 Å². The van der Waals surface area contributed by atoms with Crippen LogP contribution in [0.3, 0.4) is 0 Å². The van der Waals surface area contributed by atoms with Crippen molar-refractivity contribution in [3.05, 3.63) is 66.4 Å². The van der Waals surface area contributed by atoms with Gasteiger partial charge in [0.05, 0.1) is 25.6 Å². The minimum Gasteiger partial charge on any atom is -0.488 e. The van der Waals surface area contributed by atoms with Gasteiger partial charge in [0.15, 0.2) is 5.82 Å². The number of rotatable bonds is 7. The molecule has 174 valence electrons. The van der Waals surface area contributed by atoms with Crippen molar-refractivity contribution < 1.29 is 23.8 Å². The highest BCUT2D eigenvalue weighted by atomic mass is 16.5. The Labute approximate surface area is 195 Å². The van der Waals surface area contributed by atoms with Crippen LogP contribution >= 0.6 is 0 Å². The van der Waals surface area contributed by atoms with Gasteiger partial charge in [-0.05, 0) is 30.7 Å². The zero-order valence-corrected chi connectivity index (χ0v) is 18.3. The van der Waals surface area contributed by atoms with Crippen molar-refractivity contribution in [3.63, 3.8) is 0 Å². The van der Waals surface area contributed by atoms with Crippen molar-refractivity contribution in [2.24, 2.45) is 0 Å². The summed E-state index contributed by atoms with van der Waals surface area (Å²) in [5, 5.41) is 2.71. The number of nitrogens with zero attached hydrogens (tertiary/aromatic N) is 4. The Morgan fingerprint density at radius 1 is 1.03 bits per heavy atom. The number of benzene rings is 1. The van der Waals surface area contributed by atoms with E-state index in [1.165, 1.54) is 24.8 Å². The van der Waals surface area contributed by atoms with Crippen LogP contribution in [0.25, 0.3) is 0 Å². The second kappa shape index (κ2) is 9.84. The van der Waals surface area contributed by atoms with Gasteiger partial charge in [0.25, 0.3) is 11.8 Å². The molecule has 0 unspecified atom stereocenters. The molecule has 10 heteroatoms. The first-order chi connectivity index (χ1) is 16.6. The quantitative estimate of drug-likeness (QED) is 0.571. The van der Waals surface area contributed by atoms with Crippen molar-refractivity contribution in [2.75, 3.05) is 31.6 Å². The van der Waals surface area contributed by atoms with Crippen molar-refractivity contribution in [2.45, 2.75) is 18.9 Å². The van der Waals surface area contributed by atoms with Crippen LogP contribution in [0.4, 0.5) is 5.82 Å². The molecule has 2 aliphatic heterocycles. The molecular weight excluding hydrogens is 438 g/mol. The molecule has 0 bridgehead atoms. The van der Waals surface area contributed by atoms with E-state index in [0.717, 1.165) is 25.9 Å². The fourth-order valence-corrected chi connectivity index (χ4v) is 3.56. The van der Waals surface area contributed by atoms with Crippen LogP contribution in [0.15, 0.2) is 55.1 Å². The van der Waals surface area contributed by atoms with Crippen molar-refractivity contribution in [1.29, 1.82) is 0 Å². The fourth-order valence-electron chi connectivity index (χ4n) is 3.56. The second-order valence-corrected chi connectivity index (χ2v) is 7.97. The average Bonchev–Trinajstić information content (AvgIpc) is 3.32. The molecule has 34 heavy (non-hydrogen) atoms. The topological polar surface area (TPSA) is 116 Å². The van der Waals surface area contributed by atoms with E-state index in [1.807, 2.05) is 0 Å². The minimum absolute atomic E-state index is 0.0880. The fraction of sp³-hybridized carbons (Fsp3) is 0.292. The first kappa shape index (κ1) is 21.8. The summed E-state index contributed by atoms with van der Waals surface area (Å²) in [4.78, 5) is 39.2. The van der Waals surface area contributed by atoms with Gasteiger partial charge in [-0.2, -0.15) is 0 Å². The first-order valence-electron chi connectivity index (χ1n) is 11.0. The lowest BCUT2D eigenvalue weighted by molar-refractivity contribution is 0.0645. The number of amides is 2. The Balaban J connectivity index is 1.35. The maximum Gasteiger partial charge on any atom is 0.272 e. The summed E-state index contributed by atoms with van der Waals surface area (Å²) in [7, 11) is 0. The summed E-state index contributed by atoms with van der Waals surface area (Å²) in [6, 6.07) is 8.26. The molecular formula is C24H23N5O5. The van der Waals surface area contributed by atoms with Crippen molar-refractivity contribution in [3.8, 4) is 17.2 Å². The summed E-state index contributed by atoms with van der Waals surface area (Å²) in [5.74, 6) is 1.17. The molecule has 1 N–H and O–H groups in total. The van der Waals surface area contributed by atoms with E-state index >= 15 is 0 Å². The summed E-state index contributed by atoms with van der Waals surface area (Å²) >= 11 is 0. The van der Waals surface area contributed by atoms with Gasteiger partial charge in [0.1, 0.15) is 29.0 Å². The molecule has 2 saturated heterocycles. The van der Waals surface area contributed by atoms with Crippen LogP contribution in [0, 0.1) is 0 Å². The Morgan fingerprint density at radius 2 is 1.91 bits per heavy atom. The Kier molecular flexibility index (Phi) is 6.30. The Hall–Kier alpha value is -4.05. The van der Waals surface area contributed by atoms with Crippen LogP contribution in [0.1, 0.15) is 33.7 Å². The predicted octanol–water partition coefficient (Wildman–Crippen LogP) is 2.93. The maximum absolute atomic E-state index is 12.9. The highest BCUT2D eigenvalue weighted by Gasteiger charge is 2.23. The van der Waals surface area contributed by atoms with Gasteiger partial charge in [-0.15, -0.1) is 0 Å². The average molecular weight is 461 g/mol. The molecule has 3 aromatic rings. The SMILES string of the molecule is O=C(Nc1cnccn1)c1cc(Oc2ccc(C(=O)N3CCC3)nc2)cc(O[C@H]2CCOC2)c1. The van der Waals surface area contributed by atoms with E-state index < -0.39 is 0 Å². The number of aromatic nitrogens is 3. The summed E-state index contributed by atoms with van der Waals surface area (Å²) in [5.41, 5.74) is 0.698. The molecule has 1 atom stereocenters. The van der Waals surface area contributed by atoms with Gasteiger partial charge in [0, 0.05) is 43.5 Å². The predicted molar refractivity (Wildman–Crippen MR) is 121 cm³/mol. The van der Waals surface area contributed by atoms with Gasteiger partial charge in [-0.3, -0.25) is 14.6 Å². The van der Waals surface area contributed by atoms with Crippen molar-refractivity contribution >= 4 is 17.6 Å². The molecule has 2 amide bonds. The third kappa shape index (κ3) is 5.12. The number of carbonyl (C=O) groups excluding carboxylic acids is 2. The van der Waals surface area contributed by atoms with Crippen LogP contribution in [-0.2, 0) is 4.74 Å². The van der Waals surface area contributed by atoms with Gasteiger partial charge in [0.2, 0.25) is 0 Å². The van der Waals surface area contributed by atoms with E-state index in [1.54, 1.807) is 35.2 Å². The molecule has 2 fully saturated rings. The molecule has 2 aromatic heterocycles. The molecule has 0 saturated carbocycles. The Bertz CT molecular complexity index is 1160. The standard InChI is InChI=1S/C24H23N5O5/c30-23(28-22-14-25-5-6-26-22)16-10-19(12-20(11-16)34-18-4-9-32-15-18)33-17-2-3-21(27-13-17)24(31)29-7-1-8-29/h2-3,5-6,10-14,18H,1,4,7-9,15H2,(H,26,28,30)/t18-/m0/s1. The van der Waals surface area contributed by atoms with Gasteiger partial charge < -0.3 is 24.4 Å². The van der Waals surface area contributed by atoms with E-state index in [2.05, 4.69) is 20.3 Å². The van der Waals surface area contributed by atoms with E-state index in [4.69, 9.17) is 14.2 Å². The number of likely N-dealkylation sites (tertiary alicyclic amines) is 1. The highest BCUT2D eigenvalue weighted by Crippen LogP contribution is 2.29. The number of hydrogen-bond acceptors (Lipinski definition) is 8. The zero-order valence-electron chi connectivity index (χ0n) is 18.3. The first-order valence-corrected chi connectivity index (χ1v) is 11.0. The summed E-state index contributed by atoms with van der Waals surface area (Å²) in [6.45, 7) is 2.64. The molecule has 4 heterocycles. The second-order valence-electron chi connectivity index (χ2n) is 7.97. The minimum atomic E-state index is -0.382. The normalized spacial score (nSPS) is 17.1. The van der Waals surface area contributed by atoms with Gasteiger partial charge in [-0.1, -0.05) is 0 Å². The summed E-state index contributed by atoms with van der Waals surface area (Å²) < 4.78 is 17.3. The third-order valence-corrected chi connectivity index (χ3v) is 5.47. The molecule has 5 rings (SSSR count). The van der Waals surface area contributed by atoms with Gasteiger partial charge >= 0.3 is 0 Å². The molecule has 2 aliphatic rings. The van der Waals surface area contributed by atoms with Crippen LogP contribution < -0.4 is 14.8 Å². The van der Waals surface area contributed by atoms with E-state index in [9.17, 15) is 9.59 Å². The van der Waals surface area contributed by atoms with E-state index in [0.29, 0.717) is 47.5 Å². The molecule has 10 nitrogen and oxygen atoms in total. The number of hydrogen-bond donors (Lipinski definition) is 1. The number of nitrogens with one attached hydrogen (secondary N) is 1. The van der Waals surface area contributed by atoms with Crippen LogP contribution in [0.2, 0.25) is 0 Å². The molecule has 0 radical (unpaired) electrons. The lowest BCUT2D eigenvalue weighted by atomic mass is 10.1. The zero-order chi connectivity index (χ0) is 23.3. The number of carbonyl (C=O) groups is 2. The molecule has 1 aromatic carbocycles. The smallest absolute Gasteiger partial charge is 0.272 e. The lowest BCUT2D eigenvalue weighted by Crippen LogP contribution is -2.42. The number of ether oxygens (including phenoxy) is 3. The monoisotopic (exact) mass is 461 g/mol. The molecule has 0 spiro atoms. The Morgan fingerprint density at radius 3 is 2.59 bits per heavy atom. The molecule has 0 aliphatic carbocycles. The maximum atomic E-state index is 12.9. The summed E-state index contributed by atoms with van der Waals surface area (Å²) in [6.07, 6.45) is 7.65. The number of pyridine rings is 1. The van der Waals surface area contributed by atoms with Crippen LogP contribution in [0.5, 0.6) is 17.2 Å². The highest BCUT2D eigenvalue weighted by molar-refractivity contribution is 6.04. The largest absolute Gasteiger partial charge is 0.488 e. The third-order valence-electron chi connectivity index (χ3n) is 5.47.